The molecule has 0 radical (unpaired) electrons. The van der Waals surface area contributed by atoms with E-state index in [-0.39, 0.29) is 6.42 Å². The molecule has 1 heterocycles. The van der Waals surface area contributed by atoms with Crippen molar-refractivity contribution in [2.75, 3.05) is 7.11 Å². The molecule has 0 aliphatic carbocycles. The van der Waals surface area contributed by atoms with Gasteiger partial charge in [0.1, 0.15) is 17.4 Å². The molecule has 27 heavy (non-hydrogen) atoms. The van der Waals surface area contributed by atoms with Crippen LogP contribution in [0.4, 0.5) is 4.79 Å². The summed E-state index contributed by atoms with van der Waals surface area (Å²) in [6.07, 6.45) is 2.30. The number of hydrogen-bond donors (Lipinski definition) is 2. The van der Waals surface area contributed by atoms with Crippen molar-refractivity contribution in [1.29, 1.82) is 0 Å². The van der Waals surface area contributed by atoms with E-state index in [1.165, 1.54) is 0 Å². The molecule has 1 aromatic carbocycles. The maximum absolute atomic E-state index is 12.0. The van der Waals surface area contributed by atoms with E-state index in [0.29, 0.717) is 5.75 Å². The summed E-state index contributed by atoms with van der Waals surface area (Å²) in [4.78, 5) is 23.7. The van der Waals surface area contributed by atoms with E-state index >= 15 is 0 Å². The minimum Gasteiger partial charge on any atom is -0.497 e. The fourth-order valence-corrected chi connectivity index (χ4v) is 2.94. The highest BCUT2D eigenvalue weighted by atomic mass is 16.6. The third-order valence-corrected chi connectivity index (χ3v) is 4.05. The van der Waals surface area contributed by atoms with E-state index in [2.05, 4.69) is 16.8 Å². The zero-order chi connectivity index (χ0) is 20.2. The van der Waals surface area contributed by atoms with Gasteiger partial charge in [0.2, 0.25) is 0 Å². The van der Waals surface area contributed by atoms with Gasteiger partial charge < -0.3 is 24.5 Å². The van der Waals surface area contributed by atoms with Crippen LogP contribution < -0.4 is 10.1 Å². The first kappa shape index (κ1) is 20.6. The summed E-state index contributed by atoms with van der Waals surface area (Å²) < 4.78 is 12.6. The Bertz CT molecular complexity index is 820. The number of aromatic nitrogens is 1. The van der Waals surface area contributed by atoms with E-state index in [1.807, 2.05) is 24.4 Å². The normalized spacial score (nSPS) is 12.6. The fourth-order valence-electron chi connectivity index (χ4n) is 2.94. The molecule has 0 bridgehead atoms. The highest BCUT2D eigenvalue weighted by molar-refractivity contribution is 5.87. The zero-order valence-corrected chi connectivity index (χ0v) is 16.5. The van der Waals surface area contributed by atoms with E-state index < -0.39 is 23.7 Å². The van der Waals surface area contributed by atoms with Gasteiger partial charge in [-0.05, 0) is 51.0 Å². The lowest BCUT2D eigenvalue weighted by Gasteiger charge is -2.22. The number of benzene rings is 1. The molecule has 2 rings (SSSR count). The Labute approximate surface area is 159 Å². The Morgan fingerprint density at radius 3 is 2.56 bits per heavy atom. The van der Waals surface area contributed by atoms with Gasteiger partial charge in [-0.2, -0.15) is 0 Å². The molecule has 0 saturated carbocycles. The van der Waals surface area contributed by atoms with Crippen LogP contribution in [-0.4, -0.2) is 40.5 Å². The molecule has 0 saturated heterocycles. The maximum Gasteiger partial charge on any atom is 0.408 e. The van der Waals surface area contributed by atoms with Gasteiger partial charge in [-0.25, -0.2) is 9.59 Å². The predicted octanol–water partition coefficient (Wildman–Crippen LogP) is 3.58. The van der Waals surface area contributed by atoms with Crippen LogP contribution in [0, 0.1) is 0 Å². The number of carboxylic acids is 1. The number of amides is 1. The average molecular weight is 376 g/mol. The van der Waals surface area contributed by atoms with Crippen LogP contribution >= 0.6 is 0 Å². The van der Waals surface area contributed by atoms with E-state index in [4.69, 9.17) is 9.47 Å². The van der Waals surface area contributed by atoms with Crippen molar-refractivity contribution in [1.82, 2.24) is 9.88 Å². The number of aliphatic carboxylic acids is 1. The molecule has 2 aromatic rings. The number of carbonyl (C=O) groups excluding carboxylic acids is 1. The molecule has 0 aliphatic heterocycles. The van der Waals surface area contributed by atoms with Crippen molar-refractivity contribution in [2.24, 2.45) is 0 Å². The van der Waals surface area contributed by atoms with Crippen LogP contribution in [0.1, 0.15) is 39.7 Å². The van der Waals surface area contributed by atoms with Crippen molar-refractivity contribution < 1.29 is 24.2 Å². The molecule has 7 heteroatoms. The van der Waals surface area contributed by atoms with Gasteiger partial charge >= 0.3 is 12.1 Å². The standard InChI is InChI=1S/C20H28N2O5/c1-6-9-22-12-13(15-11-14(26-5)7-8-17(15)22)10-16(18(23)24)21-19(25)27-20(2,3)4/h7-8,11-12,16H,6,9-10H2,1-5H3,(H,21,25)(H,23,24). The first-order chi connectivity index (χ1) is 12.6. The van der Waals surface area contributed by atoms with E-state index in [9.17, 15) is 14.7 Å². The second-order valence-corrected chi connectivity index (χ2v) is 7.47. The number of nitrogens with one attached hydrogen (secondary N) is 1. The van der Waals surface area contributed by atoms with Crippen LogP contribution in [0.2, 0.25) is 0 Å². The highest BCUT2D eigenvalue weighted by Gasteiger charge is 2.25. The van der Waals surface area contributed by atoms with Gasteiger partial charge in [-0.15, -0.1) is 0 Å². The SMILES string of the molecule is CCCn1cc(CC(NC(=O)OC(C)(C)C)C(=O)O)c2cc(OC)ccc21. The Morgan fingerprint density at radius 1 is 1.30 bits per heavy atom. The lowest BCUT2D eigenvalue weighted by Crippen LogP contribution is -2.44. The van der Waals surface area contributed by atoms with Gasteiger partial charge in [0.15, 0.2) is 0 Å². The maximum atomic E-state index is 12.0. The van der Waals surface area contributed by atoms with Crippen LogP contribution in [0.25, 0.3) is 10.9 Å². The van der Waals surface area contributed by atoms with Crippen molar-refractivity contribution in [3.8, 4) is 5.75 Å². The van der Waals surface area contributed by atoms with E-state index in [1.54, 1.807) is 27.9 Å². The number of hydrogen-bond acceptors (Lipinski definition) is 4. The van der Waals surface area contributed by atoms with Crippen molar-refractivity contribution in [3.63, 3.8) is 0 Å². The average Bonchev–Trinajstić information content (AvgIpc) is 2.89. The monoisotopic (exact) mass is 376 g/mol. The second-order valence-electron chi connectivity index (χ2n) is 7.47. The summed E-state index contributed by atoms with van der Waals surface area (Å²) in [5.41, 5.74) is 1.15. The van der Waals surface area contributed by atoms with Crippen LogP contribution in [0.15, 0.2) is 24.4 Å². The Kier molecular flexibility index (Phi) is 6.36. The summed E-state index contributed by atoms with van der Waals surface area (Å²) >= 11 is 0. The van der Waals surface area contributed by atoms with Gasteiger partial charge in [-0.3, -0.25) is 0 Å². The third-order valence-electron chi connectivity index (χ3n) is 4.05. The Hall–Kier alpha value is -2.70. The number of nitrogens with zero attached hydrogens (tertiary/aromatic N) is 1. The number of alkyl carbamates (subject to hydrolysis) is 1. The number of methoxy groups -OCH3 is 1. The van der Waals surface area contributed by atoms with Crippen molar-refractivity contribution in [3.05, 3.63) is 30.0 Å². The van der Waals surface area contributed by atoms with Crippen LogP contribution in [-0.2, 0) is 22.5 Å². The molecular weight excluding hydrogens is 348 g/mol. The fraction of sp³-hybridized carbons (Fsp3) is 0.500. The number of carbonyl (C=O) groups is 2. The zero-order valence-electron chi connectivity index (χ0n) is 16.5. The molecule has 1 amide bonds. The van der Waals surface area contributed by atoms with Gasteiger partial charge in [0.05, 0.1) is 7.11 Å². The molecule has 148 valence electrons. The summed E-state index contributed by atoms with van der Waals surface area (Å²) in [5.74, 6) is -0.412. The largest absolute Gasteiger partial charge is 0.497 e. The summed E-state index contributed by atoms with van der Waals surface area (Å²) in [6, 6.07) is 4.64. The minimum atomic E-state index is -1.11. The topological polar surface area (TPSA) is 89.8 Å². The first-order valence-corrected chi connectivity index (χ1v) is 9.02. The quantitative estimate of drug-likeness (QED) is 0.771. The van der Waals surface area contributed by atoms with E-state index in [0.717, 1.165) is 29.4 Å². The van der Waals surface area contributed by atoms with Crippen molar-refractivity contribution >= 4 is 23.0 Å². The van der Waals surface area contributed by atoms with Gasteiger partial charge in [-0.1, -0.05) is 6.92 Å². The summed E-state index contributed by atoms with van der Waals surface area (Å²) in [6.45, 7) is 8.09. The molecular formula is C20H28N2O5. The molecule has 0 fully saturated rings. The van der Waals surface area contributed by atoms with Crippen molar-refractivity contribution in [2.45, 2.75) is 58.7 Å². The van der Waals surface area contributed by atoms with Gasteiger partial charge in [0.25, 0.3) is 0 Å². The lowest BCUT2D eigenvalue weighted by molar-refractivity contribution is -0.139. The molecule has 1 unspecified atom stereocenters. The molecule has 0 spiro atoms. The lowest BCUT2D eigenvalue weighted by atomic mass is 10.0. The smallest absolute Gasteiger partial charge is 0.408 e. The number of ether oxygens (including phenoxy) is 2. The highest BCUT2D eigenvalue weighted by Crippen LogP contribution is 2.27. The molecule has 1 aromatic heterocycles. The predicted molar refractivity (Wildman–Crippen MR) is 103 cm³/mol. The number of carboxylic acid groups (broad SMARTS) is 1. The number of rotatable bonds is 7. The molecule has 2 N–H and O–H groups in total. The van der Waals surface area contributed by atoms with Crippen LogP contribution in [0.5, 0.6) is 5.75 Å². The second kappa shape index (κ2) is 8.33. The summed E-state index contributed by atoms with van der Waals surface area (Å²) in [5, 5.41) is 12.9. The molecule has 7 nitrogen and oxygen atoms in total. The number of aryl methyl sites for hydroxylation is 1. The molecule has 0 aliphatic rings. The first-order valence-electron chi connectivity index (χ1n) is 9.02. The van der Waals surface area contributed by atoms with Gasteiger partial charge in [0, 0.05) is 30.1 Å². The third kappa shape index (κ3) is 5.39. The summed E-state index contributed by atoms with van der Waals surface area (Å²) in [7, 11) is 1.59. The number of fused-ring (bicyclic) bond motifs is 1. The minimum absolute atomic E-state index is 0.148. The Morgan fingerprint density at radius 2 is 2.00 bits per heavy atom. The van der Waals surface area contributed by atoms with Crippen LogP contribution in [0.3, 0.4) is 0 Å². The molecule has 1 atom stereocenters. The Balaban J connectivity index is 2.32.